The first kappa shape index (κ1) is 26.2. The number of fused-ring (bicyclic) bond motifs is 4. The third-order valence-electron chi connectivity index (χ3n) is 8.77. The second-order valence-electron chi connectivity index (χ2n) is 11.5. The van der Waals surface area contributed by atoms with Gasteiger partial charge in [0.25, 0.3) is 0 Å². The van der Waals surface area contributed by atoms with E-state index < -0.39 is 0 Å². The van der Waals surface area contributed by atoms with Gasteiger partial charge in [-0.3, -0.25) is 4.57 Å². The lowest BCUT2D eigenvalue weighted by molar-refractivity contribution is 0.988. The molecule has 0 aliphatic rings. The fourth-order valence-corrected chi connectivity index (χ4v) is 6.62. The van der Waals surface area contributed by atoms with Crippen molar-refractivity contribution in [2.45, 2.75) is 0 Å². The lowest BCUT2D eigenvalue weighted by Crippen LogP contribution is -2.05. The van der Waals surface area contributed by atoms with Gasteiger partial charge in [-0.1, -0.05) is 115 Å². The summed E-state index contributed by atoms with van der Waals surface area (Å²) >= 11 is 0. The van der Waals surface area contributed by atoms with Crippen LogP contribution in [0, 0.1) is 0 Å². The van der Waals surface area contributed by atoms with Gasteiger partial charge in [-0.2, -0.15) is 4.98 Å². The van der Waals surface area contributed by atoms with Gasteiger partial charge in [-0.15, -0.1) is 0 Å². The highest BCUT2D eigenvalue weighted by atomic mass is 15.2. The highest BCUT2D eigenvalue weighted by Crippen LogP contribution is 2.37. The summed E-state index contributed by atoms with van der Waals surface area (Å²) < 4.78 is 4.37. The Hall–Kier alpha value is -6.26. The molecule has 0 saturated carbocycles. The summed E-state index contributed by atoms with van der Waals surface area (Å²) in [4.78, 5) is 10.7. The Morgan fingerprint density at radius 2 is 0.891 bits per heavy atom. The molecule has 46 heavy (non-hydrogen) atoms. The van der Waals surface area contributed by atoms with Gasteiger partial charge in [0.15, 0.2) is 5.65 Å². The standard InChI is InChI=1S/C42H28N4/c1-4-14-29(15-5-1)31-26-32(30-16-6-2-7-17-30)28-33(27-31)40-37-24-25-45(34-18-8-3-9-19-34)41(37)44-42(43-40)46-38-22-12-10-20-35(38)36-21-11-13-23-39(36)46/h1-28H. The maximum atomic E-state index is 5.43. The van der Waals surface area contributed by atoms with Crippen molar-refractivity contribution >= 4 is 32.8 Å². The van der Waals surface area contributed by atoms with Crippen molar-refractivity contribution in [2.75, 3.05) is 0 Å². The lowest BCUT2D eigenvalue weighted by Gasteiger charge is -2.14. The fraction of sp³-hybridized carbons (Fsp3) is 0. The van der Waals surface area contributed by atoms with E-state index >= 15 is 0 Å². The van der Waals surface area contributed by atoms with Crippen molar-refractivity contribution in [3.05, 3.63) is 170 Å². The smallest absolute Gasteiger partial charge is 0.237 e. The van der Waals surface area contributed by atoms with Crippen molar-refractivity contribution in [3.63, 3.8) is 0 Å². The quantitative estimate of drug-likeness (QED) is 0.200. The molecule has 9 aromatic rings. The zero-order valence-electron chi connectivity index (χ0n) is 25.0. The molecule has 9 rings (SSSR count). The second kappa shape index (κ2) is 10.7. The van der Waals surface area contributed by atoms with E-state index in [4.69, 9.17) is 9.97 Å². The van der Waals surface area contributed by atoms with Crippen LogP contribution in [0.3, 0.4) is 0 Å². The van der Waals surface area contributed by atoms with Gasteiger partial charge in [0.2, 0.25) is 5.95 Å². The van der Waals surface area contributed by atoms with E-state index in [9.17, 15) is 0 Å². The van der Waals surface area contributed by atoms with Crippen molar-refractivity contribution in [2.24, 2.45) is 0 Å². The zero-order chi connectivity index (χ0) is 30.5. The molecule has 6 aromatic carbocycles. The maximum Gasteiger partial charge on any atom is 0.237 e. The summed E-state index contributed by atoms with van der Waals surface area (Å²) in [6.07, 6.45) is 2.10. The van der Waals surface area contributed by atoms with Crippen LogP contribution < -0.4 is 0 Å². The molecular formula is C42H28N4. The summed E-state index contributed by atoms with van der Waals surface area (Å²) in [7, 11) is 0. The van der Waals surface area contributed by atoms with Crippen LogP contribution in [0.25, 0.3) is 78.0 Å². The molecule has 0 radical (unpaired) electrons. The topological polar surface area (TPSA) is 35.6 Å². The molecule has 3 heterocycles. The molecule has 0 atom stereocenters. The van der Waals surface area contributed by atoms with E-state index in [-0.39, 0.29) is 0 Å². The van der Waals surface area contributed by atoms with Crippen molar-refractivity contribution < 1.29 is 0 Å². The molecule has 0 unspecified atom stereocenters. The van der Waals surface area contributed by atoms with Gasteiger partial charge >= 0.3 is 0 Å². The SMILES string of the molecule is c1ccc(-c2cc(-c3ccccc3)cc(-c3nc(-n4c5ccccc5c5ccccc54)nc4c3ccn4-c3ccccc3)c2)cc1. The Balaban J connectivity index is 1.38. The van der Waals surface area contributed by atoms with Gasteiger partial charge in [-0.25, -0.2) is 4.98 Å². The molecule has 0 aliphatic carbocycles. The van der Waals surface area contributed by atoms with Crippen LogP contribution in [0.1, 0.15) is 0 Å². The number of hydrogen-bond acceptors (Lipinski definition) is 2. The van der Waals surface area contributed by atoms with Crippen molar-refractivity contribution in [1.82, 2.24) is 19.1 Å². The monoisotopic (exact) mass is 588 g/mol. The van der Waals surface area contributed by atoms with Gasteiger partial charge in [0.05, 0.1) is 16.7 Å². The number of benzene rings is 6. The minimum absolute atomic E-state index is 0.641. The van der Waals surface area contributed by atoms with E-state index in [1.807, 2.05) is 6.07 Å². The number of para-hydroxylation sites is 3. The average molecular weight is 589 g/mol. The molecule has 4 heteroatoms. The van der Waals surface area contributed by atoms with Crippen molar-refractivity contribution in [3.8, 4) is 45.1 Å². The molecule has 0 spiro atoms. The van der Waals surface area contributed by atoms with Crippen LogP contribution in [-0.4, -0.2) is 19.1 Å². The molecule has 4 nitrogen and oxygen atoms in total. The van der Waals surface area contributed by atoms with Gasteiger partial charge in [-0.05, 0) is 70.8 Å². The Morgan fingerprint density at radius 1 is 0.391 bits per heavy atom. The Bertz CT molecular complexity index is 2400. The minimum atomic E-state index is 0.641. The van der Waals surface area contributed by atoms with E-state index in [1.165, 1.54) is 10.8 Å². The summed E-state index contributed by atoms with van der Waals surface area (Å²) in [5.74, 6) is 0.641. The normalized spacial score (nSPS) is 11.5. The van der Waals surface area contributed by atoms with Gasteiger partial charge < -0.3 is 4.57 Å². The number of nitrogens with zero attached hydrogens (tertiary/aromatic N) is 4. The lowest BCUT2D eigenvalue weighted by atomic mass is 9.94. The average Bonchev–Trinajstić information content (AvgIpc) is 3.72. The third kappa shape index (κ3) is 4.31. The van der Waals surface area contributed by atoms with Gasteiger partial charge in [0.1, 0.15) is 0 Å². The predicted molar refractivity (Wildman–Crippen MR) is 190 cm³/mol. The van der Waals surface area contributed by atoms with Crippen LogP contribution in [0.4, 0.5) is 0 Å². The van der Waals surface area contributed by atoms with E-state index in [2.05, 4.69) is 173 Å². The van der Waals surface area contributed by atoms with E-state index in [0.29, 0.717) is 5.95 Å². The van der Waals surface area contributed by atoms with Crippen LogP contribution in [0.2, 0.25) is 0 Å². The van der Waals surface area contributed by atoms with E-state index in [0.717, 1.165) is 61.3 Å². The summed E-state index contributed by atoms with van der Waals surface area (Å²) in [6, 6.07) is 57.5. The van der Waals surface area contributed by atoms with Crippen LogP contribution in [0.15, 0.2) is 170 Å². The molecule has 0 amide bonds. The summed E-state index contributed by atoms with van der Waals surface area (Å²) in [6.45, 7) is 0. The number of hydrogen-bond donors (Lipinski definition) is 0. The summed E-state index contributed by atoms with van der Waals surface area (Å²) in [5, 5.41) is 3.36. The van der Waals surface area contributed by atoms with Crippen LogP contribution in [0.5, 0.6) is 0 Å². The molecular weight excluding hydrogens is 560 g/mol. The highest BCUT2D eigenvalue weighted by molar-refractivity contribution is 6.09. The highest BCUT2D eigenvalue weighted by Gasteiger charge is 2.20. The maximum absolute atomic E-state index is 5.43. The minimum Gasteiger partial charge on any atom is -0.301 e. The fourth-order valence-electron chi connectivity index (χ4n) is 6.62. The number of aromatic nitrogens is 4. The first-order valence-corrected chi connectivity index (χ1v) is 15.5. The predicted octanol–water partition coefficient (Wildman–Crippen LogP) is 10.5. The first-order valence-electron chi connectivity index (χ1n) is 15.5. The molecule has 216 valence electrons. The molecule has 0 fully saturated rings. The molecule has 3 aromatic heterocycles. The van der Waals surface area contributed by atoms with Crippen LogP contribution >= 0.6 is 0 Å². The molecule has 0 bridgehead atoms. The largest absolute Gasteiger partial charge is 0.301 e. The first-order chi connectivity index (χ1) is 22.8. The molecule has 0 aliphatic heterocycles. The van der Waals surface area contributed by atoms with Crippen molar-refractivity contribution in [1.29, 1.82) is 0 Å². The summed E-state index contributed by atoms with van der Waals surface area (Å²) in [5.41, 5.74) is 10.6. The van der Waals surface area contributed by atoms with Gasteiger partial charge in [0, 0.05) is 33.6 Å². The van der Waals surface area contributed by atoms with E-state index in [1.54, 1.807) is 0 Å². The molecule has 0 N–H and O–H groups in total. The Kier molecular flexibility index (Phi) is 6.10. The second-order valence-corrected chi connectivity index (χ2v) is 11.5. The Morgan fingerprint density at radius 3 is 1.48 bits per heavy atom. The third-order valence-corrected chi connectivity index (χ3v) is 8.77. The van der Waals surface area contributed by atoms with Crippen LogP contribution in [-0.2, 0) is 0 Å². The zero-order valence-corrected chi connectivity index (χ0v) is 25.0. The number of rotatable bonds is 5. The molecule has 0 saturated heterocycles. The Labute approximate surface area is 266 Å².